The summed E-state index contributed by atoms with van der Waals surface area (Å²) in [6.45, 7) is 3.88. The molecule has 1 saturated heterocycles. The molecule has 2 heterocycles. The van der Waals surface area contributed by atoms with Gasteiger partial charge in [0.25, 0.3) is 0 Å². The van der Waals surface area contributed by atoms with Gasteiger partial charge in [-0.05, 0) is 18.2 Å². The van der Waals surface area contributed by atoms with Crippen molar-refractivity contribution in [3.63, 3.8) is 0 Å². The molecule has 0 bridgehead atoms. The molecule has 0 amide bonds. The van der Waals surface area contributed by atoms with Crippen LogP contribution in [0, 0.1) is 0 Å². The van der Waals surface area contributed by atoms with E-state index >= 15 is 0 Å². The summed E-state index contributed by atoms with van der Waals surface area (Å²) in [6, 6.07) is 9.97. The lowest BCUT2D eigenvalue weighted by molar-refractivity contribution is 0.176. The first-order valence-electron chi connectivity index (χ1n) is 7.54. The summed E-state index contributed by atoms with van der Waals surface area (Å²) >= 11 is 0. The summed E-state index contributed by atoms with van der Waals surface area (Å²) in [5, 5.41) is 3.39. The molecule has 0 saturated carbocycles. The first-order valence-corrected chi connectivity index (χ1v) is 7.54. The predicted molar refractivity (Wildman–Crippen MR) is 84.5 cm³/mol. The van der Waals surface area contributed by atoms with Gasteiger partial charge in [-0.3, -0.25) is 4.90 Å². The summed E-state index contributed by atoms with van der Waals surface area (Å²) in [5.41, 5.74) is 1.07. The van der Waals surface area contributed by atoms with Crippen LogP contribution in [0.2, 0.25) is 0 Å². The fourth-order valence-electron chi connectivity index (χ4n) is 3.04. The Hall–Kier alpha value is -1.98. The van der Waals surface area contributed by atoms with E-state index in [-0.39, 0.29) is 6.04 Å². The maximum absolute atomic E-state index is 5.72. The summed E-state index contributed by atoms with van der Waals surface area (Å²) < 4.78 is 16.8. The number of nitrogens with one attached hydrogen (secondary N) is 1. The van der Waals surface area contributed by atoms with Crippen LogP contribution in [0.4, 0.5) is 0 Å². The molecular weight excluding hydrogens is 280 g/mol. The van der Waals surface area contributed by atoms with Gasteiger partial charge in [0, 0.05) is 31.7 Å². The minimum Gasteiger partial charge on any atom is -0.493 e. The largest absolute Gasteiger partial charge is 0.493 e. The fraction of sp³-hybridized carbons (Fsp3) is 0.412. The second-order valence-corrected chi connectivity index (χ2v) is 5.29. The predicted octanol–water partition coefficient (Wildman–Crippen LogP) is 2.29. The van der Waals surface area contributed by atoms with Crippen molar-refractivity contribution in [2.24, 2.45) is 0 Å². The van der Waals surface area contributed by atoms with Crippen molar-refractivity contribution in [3.05, 3.63) is 47.9 Å². The highest BCUT2D eigenvalue weighted by atomic mass is 16.5. The highest BCUT2D eigenvalue weighted by Crippen LogP contribution is 2.40. The van der Waals surface area contributed by atoms with Crippen molar-refractivity contribution in [2.45, 2.75) is 6.04 Å². The second-order valence-electron chi connectivity index (χ2n) is 5.29. The fourth-order valence-corrected chi connectivity index (χ4v) is 3.04. The van der Waals surface area contributed by atoms with Crippen LogP contribution in [0.1, 0.15) is 17.4 Å². The molecule has 1 aliphatic rings. The van der Waals surface area contributed by atoms with E-state index in [4.69, 9.17) is 13.9 Å². The van der Waals surface area contributed by atoms with Crippen LogP contribution in [-0.2, 0) is 0 Å². The second kappa shape index (κ2) is 6.85. The molecule has 1 N–H and O–H groups in total. The minimum atomic E-state index is 0.0298. The Kier molecular flexibility index (Phi) is 4.65. The third kappa shape index (κ3) is 2.82. The normalized spacial score (nSPS) is 17.2. The Morgan fingerprint density at radius 3 is 2.55 bits per heavy atom. The van der Waals surface area contributed by atoms with Crippen molar-refractivity contribution in [1.29, 1.82) is 0 Å². The number of benzene rings is 1. The molecule has 1 aromatic heterocycles. The summed E-state index contributed by atoms with van der Waals surface area (Å²) in [4.78, 5) is 2.41. The Morgan fingerprint density at radius 2 is 1.91 bits per heavy atom. The number of piperazine rings is 1. The molecule has 5 heteroatoms. The van der Waals surface area contributed by atoms with Crippen LogP contribution in [0.3, 0.4) is 0 Å². The Labute approximate surface area is 130 Å². The van der Waals surface area contributed by atoms with Gasteiger partial charge >= 0.3 is 0 Å². The molecule has 1 aliphatic heterocycles. The molecule has 3 rings (SSSR count). The van der Waals surface area contributed by atoms with Gasteiger partial charge in [-0.1, -0.05) is 12.1 Å². The quantitative estimate of drug-likeness (QED) is 0.918. The lowest BCUT2D eigenvalue weighted by Crippen LogP contribution is -2.45. The van der Waals surface area contributed by atoms with E-state index in [9.17, 15) is 0 Å². The SMILES string of the molecule is COc1cccc(C(c2ccco2)N2CCNCC2)c1OC. The lowest BCUT2D eigenvalue weighted by atomic mass is 10.00. The van der Waals surface area contributed by atoms with E-state index in [1.54, 1.807) is 20.5 Å². The molecule has 1 unspecified atom stereocenters. The Bertz CT molecular complexity index is 592. The molecular formula is C17H22N2O3. The minimum absolute atomic E-state index is 0.0298. The maximum atomic E-state index is 5.72. The number of furan rings is 1. The van der Waals surface area contributed by atoms with E-state index in [1.807, 2.05) is 24.3 Å². The van der Waals surface area contributed by atoms with Gasteiger partial charge in [-0.25, -0.2) is 0 Å². The maximum Gasteiger partial charge on any atom is 0.165 e. The summed E-state index contributed by atoms with van der Waals surface area (Å²) in [6.07, 6.45) is 1.72. The average Bonchev–Trinajstić information content (AvgIpc) is 3.10. The van der Waals surface area contributed by atoms with Gasteiger partial charge in [-0.15, -0.1) is 0 Å². The number of rotatable bonds is 5. The van der Waals surface area contributed by atoms with Gasteiger partial charge in [0.1, 0.15) is 5.76 Å². The zero-order valence-corrected chi connectivity index (χ0v) is 13.0. The van der Waals surface area contributed by atoms with Crippen molar-refractivity contribution in [1.82, 2.24) is 10.2 Å². The molecule has 118 valence electrons. The molecule has 5 nitrogen and oxygen atoms in total. The standard InChI is InChI=1S/C17H22N2O3/c1-20-15-6-3-5-13(17(15)21-2)16(14-7-4-12-22-14)19-10-8-18-9-11-19/h3-7,12,16,18H,8-11H2,1-2H3. The van der Waals surface area contributed by atoms with Crippen LogP contribution in [0.15, 0.2) is 41.0 Å². The van der Waals surface area contributed by atoms with Gasteiger partial charge in [0.05, 0.1) is 26.5 Å². The van der Waals surface area contributed by atoms with Crippen molar-refractivity contribution in [2.75, 3.05) is 40.4 Å². The molecule has 22 heavy (non-hydrogen) atoms. The van der Waals surface area contributed by atoms with Crippen LogP contribution in [0.25, 0.3) is 0 Å². The third-order valence-electron chi connectivity index (χ3n) is 4.06. The van der Waals surface area contributed by atoms with Crippen LogP contribution in [-0.4, -0.2) is 45.3 Å². The zero-order valence-electron chi connectivity index (χ0n) is 13.0. The highest BCUT2D eigenvalue weighted by Gasteiger charge is 2.29. The van der Waals surface area contributed by atoms with E-state index < -0.39 is 0 Å². The van der Waals surface area contributed by atoms with Gasteiger partial charge in [-0.2, -0.15) is 0 Å². The van der Waals surface area contributed by atoms with Gasteiger partial charge in [0.15, 0.2) is 11.5 Å². The topological polar surface area (TPSA) is 46.9 Å². The molecule has 1 aromatic carbocycles. The highest BCUT2D eigenvalue weighted by molar-refractivity contribution is 5.49. The van der Waals surface area contributed by atoms with Gasteiger partial charge in [0.2, 0.25) is 0 Å². The first kappa shape index (κ1) is 14.9. The number of methoxy groups -OCH3 is 2. The molecule has 1 atom stereocenters. The first-order chi connectivity index (χ1) is 10.8. The Balaban J connectivity index is 2.06. The molecule has 2 aromatic rings. The molecule has 1 fully saturated rings. The van der Waals surface area contributed by atoms with Crippen molar-refractivity contribution in [3.8, 4) is 11.5 Å². The third-order valence-corrected chi connectivity index (χ3v) is 4.06. The Morgan fingerprint density at radius 1 is 1.09 bits per heavy atom. The average molecular weight is 302 g/mol. The number of hydrogen-bond acceptors (Lipinski definition) is 5. The van der Waals surface area contributed by atoms with E-state index in [0.717, 1.165) is 49.0 Å². The van der Waals surface area contributed by atoms with Crippen LogP contribution >= 0.6 is 0 Å². The van der Waals surface area contributed by atoms with E-state index in [2.05, 4.69) is 16.3 Å². The number of nitrogens with zero attached hydrogens (tertiary/aromatic N) is 1. The number of ether oxygens (including phenoxy) is 2. The van der Waals surface area contributed by atoms with Crippen LogP contribution < -0.4 is 14.8 Å². The summed E-state index contributed by atoms with van der Waals surface area (Å²) in [7, 11) is 3.34. The lowest BCUT2D eigenvalue weighted by Gasteiger charge is -2.34. The zero-order chi connectivity index (χ0) is 15.4. The molecule has 0 radical (unpaired) electrons. The molecule has 0 spiro atoms. The van der Waals surface area contributed by atoms with E-state index in [0.29, 0.717) is 0 Å². The van der Waals surface area contributed by atoms with E-state index in [1.165, 1.54) is 0 Å². The monoisotopic (exact) mass is 302 g/mol. The van der Waals surface area contributed by atoms with Crippen LogP contribution in [0.5, 0.6) is 11.5 Å². The van der Waals surface area contributed by atoms with Crippen molar-refractivity contribution < 1.29 is 13.9 Å². The number of para-hydroxylation sites is 1. The van der Waals surface area contributed by atoms with Crippen molar-refractivity contribution >= 4 is 0 Å². The summed E-state index contributed by atoms with van der Waals surface area (Å²) in [5.74, 6) is 2.44. The number of hydrogen-bond donors (Lipinski definition) is 1. The van der Waals surface area contributed by atoms with Gasteiger partial charge < -0.3 is 19.2 Å². The molecule has 0 aliphatic carbocycles. The smallest absolute Gasteiger partial charge is 0.165 e.